The van der Waals surface area contributed by atoms with E-state index in [1.165, 1.54) is 0 Å². The molecule has 5 heteroatoms. The SMILES string of the molecule is O=C(NCc1ccccc1)c1cccc(C(O)(c2ccc(Cl)cc2)c2cccnc2)c1. The van der Waals surface area contributed by atoms with E-state index in [2.05, 4.69) is 10.3 Å². The fourth-order valence-corrected chi connectivity index (χ4v) is 3.66. The van der Waals surface area contributed by atoms with Gasteiger partial charge in [0, 0.05) is 35.1 Å². The van der Waals surface area contributed by atoms with Crippen molar-refractivity contribution < 1.29 is 9.90 Å². The van der Waals surface area contributed by atoms with Gasteiger partial charge in [-0.1, -0.05) is 72.3 Å². The van der Waals surface area contributed by atoms with Crippen LogP contribution in [0.15, 0.2) is 103 Å². The summed E-state index contributed by atoms with van der Waals surface area (Å²) in [4.78, 5) is 17.0. The first-order valence-corrected chi connectivity index (χ1v) is 10.3. The lowest BCUT2D eigenvalue weighted by molar-refractivity contribution is 0.0950. The number of carbonyl (C=O) groups is 1. The van der Waals surface area contributed by atoms with Gasteiger partial charge < -0.3 is 10.4 Å². The molecule has 154 valence electrons. The zero-order chi connectivity index (χ0) is 21.7. The molecule has 1 aromatic heterocycles. The van der Waals surface area contributed by atoms with Gasteiger partial charge in [-0.3, -0.25) is 9.78 Å². The molecule has 4 nitrogen and oxygen atoms in total. The second-order valence-corrected chi connectivity index (χ2v) is 7.64. The van der Waals surface area contributed by atoms with Crippen LogP contribution in [0.3, 0.4) is 0 Å². The lowest BCUT2D eigenvalue weighted by atomic mass is 9.80. The number of benzene rings is 3. The Kier molecular flexibility index (Phi) is 6.12. The van der Waals surface area contributed by atoms with Crippen molar-refractivity contribution in [3.05, 3.63) is 136 Å². The quantitative estimate of drug-likeness (QED) is 0.456. The number of hydrogen-bond acceptors (Lipinski definition) is 3. The van der Waals surface area contributed by atoms with E-state index < -0.39 is 5.60 Å². The average molecular weight is 429 g/mol. The summed E-state index contributed by atoms with van der Waals surface area (Å²) in [6.07, 6.45) is 3.27. The zero-order valence-corrected chi connectivity index (χ0v) is 17.5. The highest BCUT2D eigenvalue weighted by Crippen LogP contribution is 2.37. The Morgan fingerprint density at radius 1 is 0.871 bits per heavy atom. The Balaban J connectivity index is 1.69. The van der Waals surface area contributed by atoms with Crippen LogP contribution in [0.5, 0.6) is 0 Å². The van der Waals surface area contributed by atoms with Crippen LogP contribution in [0.25, 0.3) is 0 Å². The van der Waals surface area contributed by atoms with Gasteiger partial charge >= 0.3 is 0 Å². The Bertz CT molecular complexity index is 1160. The van der Waals surface area contributed by atoms with Crippen molar-refractivity contribution in [3.8, 4) is 0 Å². The number of nitrogens with zero attached hydrogens (tertiary/aromatic N) is 1. The molecule has 1 atom stereocenters. The zero-order valence-electron chi connectivity index (χ0n) is 16.7. The lowest BCUT2D eigenvalue weighted by Crippen LogP contribution is -2.30. The third-order valence-electron chi connectivity index (χ3n) is 5.18. The summed E-state index contributed by atoms with van der Waals surface area (Å²) in [5, 5.41) is 15.4. The van der Waals surface area contributed by atoms with Gasteiger partial charge in [-0.05, 0) is 47.0 Å². The molecule has 0 aliphatic carbocycles. The van der Waals surface area contributed by atoms with Crippen LogP contribution >= 0.6 is 11.6 Å². The molecule has 0 spiro atoms. The third-order valence-corrected chi connectivity index (χ3v) is 5.43. The van der Waals surface area contributed by atoms with E-state index in [4.69, 9.17) is 11.6 Å². The first-order valence-electron chi connectivity index (χ1n) is 9.89. The molecule has 2 N–H and O–H groups in total. The van der Waals surface area contributed by atoms with Crippen LogP contribution in [-0.2, 0) is 12.1 Å². The van der Waals surface area contributed by atoms with E-state index in [-0.39, 0.29) is 5.91 Å². The smallest absolute Gasteiger partial charge is 0.251 e. The minimum Gasteiger partial charge on any atom is -0.376 e. The minimum absolute atomic E-state index is 0.213. The van der Waals surface area contributed by atoms with Gasteiger partial charge in [-0.2, -0.15) is 0 Å². The number of pyridine rings is 1. The summed E-state index contributed by atoms with van der Waals surface area (Å²) in [6.45, 7) is 0.425. The van der Waals surface area contributed by atoms with Crippen LogP contribution in [0.1, 0.15) is 32.6 Å². The van der Waals surface area contributed by atoms with Gasteiger partial charge in [0.25, 0.3) is 5.91 Å². The van der Waals surface area contributed by atoms with Crippen molar-refractivity contribution in [2.45, 2.75) is 12.1 Å². The standard InChI is InChI=1S/C26H21ClN2O2/c27-24-13-11-21(12-14-24)26(31,23-10-5-15-28-18-23)22-9-4-8-20(16-22)25(30)29-17-19-6-2-1-3-7-19/h1-16,18,31H,17H2,(H,29,30). The van der Waals surface area contributed by atoms with Crippen molar-refractivity contribution in [3.63, 3.8) is 0 Å². The molecule has 1 heterocycles. The molecular formula is C26H21ClN2O2. The Hall–Kier alpha value is -3.47. The van der Waals surface area contributed by atoms with E-state index in [1.807, 2.05) is 36.4 Å². The van der Waals surface area contributed by atoms with Crippen molar-refractivity contribution >= 4 is 17.5 Å². The molecule has 31 heavy (non-hydrogen) atoms. The Morgan fingerprint density at radius 3 is 2.32 bits per heavy atom. The van der Waals surface area contributed by atoms with Crippen LogP contribution in [0, 0.1) is 0 Å². The summed E-state index contributed by atoms with van der Waals surface area (Å²) in [5.41, 5.74) is 1.78. The van der Waals surface area contributed by atoms with E-state index in [1.54, 1.807) is 67.0 Å². The molecule has 1 unspecified atom stereocenters. The van der Waals surface area contributed by atoms with E-state index >= 15 is 0 Å². The summed E-state index contributed by atoms with van der Waals surface area (Å²) < 4.78 is 0. The average Bonchev–Trinajstić information content (AvgIpc) is 2.84. The van der Waals surface area contributed by atoms with Gasteiger partial charge in [0.2, 0.25) is 0 Å². The highest BCUT2D eigenvalue weighted by Gasteiger charge is 2.34. The fraction of sp³-hybridized carbons (Fsp3) is 0.0769. The maximum atomic E-state index is 12.8. The van der Waals surface area contributed by atoms with Crippen molar-refractivity contribution in [1.82, 2.24) is 10.3 Å². The number of rotatable bonds is 6. The first-order chi connectivity index (χ1) is 15.1. The highest BCUT2D eigenvalue weighted by atomic mass is 35.5. The maximum absolute atomic E-state index is 12.8. The van der Waals surface area contributed by atoms with E-state index in [9.17, 15) is 9.90 Å². The number of amides is 1. The van der Waals surface area contributed by atoms with Crippen LogP contribution in [0.2, 0.25) is 5.02 Å². The Labute approximate surface area is 186 Å². The van der Waals surface area contributed by atoms with Gasteiger partial charge in [-0.15, -0.1) is 0 Å². The van der Waals surface area contributed by atoms with Crippen molar-refractivity contribution in [1.29, 1.82) is 0 Å². The molecule has 0 bridgehead atoms. The number of hydrogen-bond donors (Lipinski definition) is 2. The van der Waals surface area contributed by atoms with E-state index in [0.717, 1.165) is 5.56 Å². The normalized spacial score (nSPS) is 12.7. The largest absolute Gasteiger partial charge is 0.376 e. The first kappa shape index (κ1) is 20.8. The van der Waals surface area contributed by atoms with Gasteiger partial charge in [0.05, 0.1) is 0 Å². The molecule has 0 saturated heterocycles. The monoisotopic (exact) mass is 428 g/mol. The summed E-state index contributed by atoms with van der Waals surface area (Å²) in [6, 6.07) is 27.3. The number of aliphatic hydroxyl groups is 1. The molecule has 0 aliphatic heterocycles. The molecule has 4 aromatic rings. The van der Waals surface area contributed by atoms with Crippen molar-refractivity contribution in [2.75, 3.05) is 0 Å². The molecule has 4 rings (SSSR count). The summed E-state index contributed by atoms with van der Waals surface area (Å²) in [7, 11) is 0. The number of nitrogens with one attached hydrogen (secondary N) is 1. The second kappa shape index (κ2) is 9.13. The fourth-order valence-electron chi connectivity index (χ4n) is 3.53. The maximum Gasteiger partial charge on any atom is 0.251 e. The predicted molar refractivity (Wildman–Crippen MR) is 122 cm³/mol. The number of carbonyl (C=O) groups excluding carboxylic acids is 1. The van der Waals surface area contributed by atoms with Crippen LogP contribution in [-0.4, -0.2) is 16.0 Å². The summed E-state index contributed by atoms with van der Waals surface area (Å²) in [5.74, 6) is -0.213. The van der Waals surface area contributed by atoms with Crippen LogP contribution < -0.4 is 5.32 Å². The minimum atomic E-state index is -1.49. The molecule has 0 radical (unpaired) electrons. The predicted octanol–water partition coefficient (Wildman–Crippen LogP) is 4.95. The molecule has 0 fully saturated rings. The second-order valence-electron chi connectivity index (χ2n) is 7.21. The van der Waals surface area contributed by atoms with Crippen LogP contribution in [0.4, 0.5) is 0 Å². The highest BCUT2D eigenvalue weighted by molar-refractivity contribution is 6.30. The molecule has 0 saturated carbocycles. The Morgan fingerprint density at radius 2 is 1.61 bits per heavy atom. The van der Waals surface area contributed by atoms with Crippen molar-refractivity contribution in [2.24, 2.45) is 0 Å². The number of halogens is 1. The van der Waals surface area contributed by atoms with Gasteiger partial charge in [0.15, 0.2) is 0 Å². The molecular weight excluding hydrogens is 408 g/mol. The topological polar surface area (TPSA) is 62.2 Å². The molecule has 3 aromatic carbocycles. The van der Waals surface area contributed by atoms with E-state index in [0.29, 0.717) is 33.8 Å². The van der Waals surface area contributed by atoms with Gasteiger partial charge in [-0.25, -0.2) is 0 Å². The third kappa shape index (κ3) is 4.50. The lowest BCUT2D eigenvalue weighted by Gasteiger charge is -2.30. The summed E-state index contributed by atoms with van der Waals surface area (Å²) >= 11 is 6.06. The molecule has 1 amide bonds. The number of aromatic nitrogens is 1. The molecule has 0 aliphatic rings. The van der Waals surface area contributed by atoms with Gasteiger partial charge in [0.1, 0.15) is 5.60 Å².